The third-order valence-corrected chi connectivity index (χ3v) is 3.46. The Morgan fingerprint density at radius 1 is 1.32 bits per heavy atom. The van der Waals surface area contributed by atoms with E-state index in [4.69, 9.17) is 16.3 Å². The predicted molar refractivity (Wildman–Crippen MR) is 82.5 cm³/mol. The molecule has 112 valence electrons. The van der Waals surface area contributed by atoms with Crippen LogP contribution >= 0.6 is 11.6 Å². The molecule has 0 aliphatic rings. The normalized spacial score (nSPS) is 10.9. The van der Waals surface area contributed by atoms with Gasteiger partial charge in [-0.3, -0.25) is 0 Å². The fourth-order valence-electron chi connectivity index (χ4n) is 2.15. The Balaban J connectivity index is 2.07. The van der Waals surface area contributed by atoms with Crippen molar-refractivity contribution in [3.05, 3.63) is 52.8 Å². The Labute approximate surface area is 130 Å². The van der Waals surface area contributed by atoms with Crippen molar-refractivity contribution in [1.29, 1.82) is 0 Å². The van der Waals surface area contributed by atoms with Crippen LogP contribution in [0.5, 0.6) is 0 Å². The summed E-state index contributed by atoms with van der Waals surface area (Å²) in [7, 11) is 0. The summed E-state index contributed by atoms with van der Waals surface area (Å²) in [6, 6.07) is 9.11. The first-order valence-electron chi connectivity index (χ1n) is 6.71. The SMILES string of the molecule is CCOC(=O)c1cc(Cl)c2nc(-c3ccc(F)cc3)[nH]c2c1. The fraction of sp³-hybridized carbons (Fsp3) is 0.125. The molecule has 0 saturated heterocycles. The second kappa shape index (κ2) is 5.77. The summed E-state index contributed by atoms with van der Waals surface area (Å²) in [5.74, 6) is -0.204. The molecule has 0 amide bonds. The Morgan fingerprint density at radius 3 is 2.73 bits per heavy atom. The van der Waals surface area contributed by atoms with Crippen molar-refractivity contribution in [3.63, 3.8) is 0 Å². The summed E-state index contributed by atoms with van der Waals surface area (Å²) >= 11 is 6.18. The van der Waals surface area contributed by atoms with E-state index in [1.807, 2.05) is 0 Å². The number of fused-ring (bicyclic) bond motifs is 1. The van der Waals surface area contributed by atoms with Crippen molar-refractivity contribution in [2.45, 2.75) is 6.92 Å². The average molecular weight is 319 g/mol. The molecule has 1 heterocycles. The number of hydrogen-bond donors (Lipinski definition) is 1. The quantitative estimate of drug-likeness (QED) is 0.736. The van der Waals surface area contributed by atoms with Crippen LogP contribution in [0.2, 0.25) is 5.02 Å². The molecule has 2 aromatic carbocycles. The lowest BCUT2D eigenvalue weighted by molar-refractivity contribution is 0.0526. The molecule has 0 unspecified atom stereocenters. The molecule has 6 heteroatoms. The van der Waals surface area contributed by atoms with Gasteiger partial charge in [-0.15, -0.1) is 0 Å². The zero-order chi connectivity index (χ0) is 15.7. The van der Waals surface area contributed by atoms with Gasteiger partial charge in [0.2, 0.25) is 0 Å². The number of benzene rings is 2. The lowest BCUT2D eigenvalue weighted by atomic mass is 10.2. The number of nitrogens with zero attached hydrogens (tertiary/aromatic N) is 1. The monoisotopic (exact) mass is 318 g/mol. The standard InChI is InChI=1S/C16H12ClFN2O2/c1-2-22-16(21)10-7-12(17)14-13(8-10)19-15(20-14)9-3-5-11(18)6-4-9/h3-8H,2H2,1H3,(H,19,20). The van der Waals surface area contributed by atoms with Gasteiger partial charge in [-0.05, 0) is 43.3 Å². The van der Waals surface area contributed by atoms with Gasteiger partial charge < -0.3 is 9.72 Å². The molecule has 1 aromatic heterocycles. The topological polar surface area (TPSA) is 55.0 Å². The van der Waals surface area contributed by atoms with Crippen LogP contribution in [0.4, 0.5) is 4.39 Å². The Kier molecular flexibility index (Phi) is 3.81. The third kappa shape index (κ3) is 2.67. The number of aromatic nitrogens is 2. The average Bonchev–Trinajstić information content (AvgIpc) is 2.93. The highest BCUT2D eigenvalue weighted by Crippen LogP contribution is 2.27. The molecule has 0 aliphatic carbocycles. The number of carbonyl (C=O) groups is 1. The molecule has 1 N–H and O–H groups in total. The molecule has 3 rings (SSSR count). The van der Waals surface area contributed by atoms with Gasteiger partial charge in [0.25, 0.3) is 0 Å². The zero-order valence-electron chi connectivity index (χ0n) is 11.7. The molecule has 0 aliphatic heterocycles. The predicted octanol–water partition coefficient (Wildman–Crippen LogP) is 4.20. The lowest BCUT2D eigenvalue weighted by Crippen LogP contribution is -2.04. The number of carbonyl (C=O) groups excluding carboxylic acids is 1. The zero-order valence-corrected chi connectivity index (χ0v) is 12.4. The first-order chi connectivity index (χ1) is 10.6. The second-order valence-corrected chi connectivity index (χ2v) is 5.07. The van der Waals surface area contributed by atoms with Gasteiger partial charge in [-0.25, -0.2) is 14.2 Å². The van der Waals surface area contributed by atoms with E-state index >= 15 is 0 Å². The summed E-state index contributed by atoms with van der Waals surface area (Å²) in [5.41, 5.74) is 2.25. The molecule has 0 spiro atoms. The van der Waals surface area contributed by atoms with Crippen LogP contribution in [0.15, 0.2) is 36.4 Å². The third-order valence-electron chi connectivity index (χ3n) is 3.17. The van der Waals surface area contributed by atoms with E-state index in [0.29, 0.717) is 27.4 Å². The van der Waals surface area contributed by atoms with Crippen LogP contribution in [-0.4, -0.2) is 22.5 Å². The number of aromatic amines is 1. The van der Waals surface area contributed by atoms with E-state index in [2.05, 4.69) is 9.97 Å². The number of ether oxygens (including phenoxy) is 1. The van der Waals surface area contributed by atoms with E-state index in [9.17, 15) is 9.18 Å². The van der Waals surface area contributed by atoms with Crippen LogP contribution in [0, 0.1) is 5.82 Å². The summed E-state index contributed by atoms with van der Waals surface area (Å²) in [4.78, 5) is 19.3. The molecule has 0 bridgehead atoms. The van der Waals surface area contributed by atoms with Gasteiger partial charge in [0.15, 0.2) is 0 Å². The minimum Gasteiger partial charge on any atom is -0.462 e. The van der Waals surface area contributed by atoms with Gasteiger partial charge >= 0.3 is 5.97 Å². The Hall–Kier alpha value is -2.40. The molecule has 0 atom stereocenters. The highest BCUT2D eigenvalue weighted by molar-refractivity contribution is 6.35. The molecular formula is C16H12ClFN2O2. The minimum absolute atomic E-state index is 0.290. The fourth-order valence-corrected chi connectivity index (χ4v) is 2.41. The van der Waals surface area contributed by atoms with E-state index in [0.717, 1.165) is 5.56 Å². The van der Waals surface area contributed by atoms with Gasteiger partial charge in [-0.2, -0.15) is 0 Å². The summed E-state index contributed by atoms with van der Waals surface area (Å²) in [6.45, 7) is 2.03. The lowest BCUT2D eigenvalue weighted by Gasteiger charge is -2.02. The number of imidazole rings is 1. The van der Waals surface area contributed by atoms with Crippen LogP contribution in [-0.2, 0) is 4.74 Å². The van der Waals surface area contributed by atoms with Gasteiger partial charge in [0.05, 0.1) is 22.7 Å². The van der Waals surface area contributed by atoms with Crippen molar-refractivity contribution in [3.8, 4) is 11.4 Å². The van der Waals surface area contributed by atoms with E-state index in [1.54, 1.807) is 25.1 Å². The number of hydrogen-bond acceptors (Lipinski definition) is 3. The minimum atomic E-state index is -0.441. The number of halogens is 2. The van der Waals surface area contributed by atoms with Crippen molar-refractivity contribution in [2.75, 3.05) is 6.61 Å². The molecule has 22 heavy (non-hydrogen) atoms. The second-order valence-electron chi connectivity index (χ2n) is 4.67. The summed E-state index contributed by atoms with van der Waals surface area (Å²) in [6.07, 6.45) is 0. The first kappa shape index (κ1) is 14.5. The van der Waals surface area contributed by atoms with Crippen molar-refractivity contribution in [1.82, 2.24) is 9.97 Å². The molecule has 0 fully saturated rings. The van der Waals surface area contributed by atoms with E-state index in [1.165, 1.54) is 18.2 Å². The summed E-state index contributed by atoms with van der Waals surface area (Å²) < 4.78 is 17.9. The summed E-state index contributed by atoms with van der Waals surface area (Å²) in [5, 5.41) is 0.352. The van der Waals surface area contributed by atoms with Crippen LogP contribution in [0.1, 0.15) is 17.3 Å². The van der Waals surface area contributed by atoms with Crippen molar-refractivity contribution >= 4 is 28.6 Å². The highest BCUT2D eigenvalue weighted by atomic mass is 35.5. The molecule has 0 saturated carbocycles. The number of rotatable bonds is 3. The van der Waals surface area contributed by atoms with Crippen molar-refractivity contribution < 1.29 is 13.9 Å². The largest absolute Gasteiger partial charge is 0.462 e. The van der Waals surface area contributed by atoms with Crippen LogP contribution in [0.3, 0.4) is 0 Å². The number of nitrogens with one attached hydrogen (secondary N) is 1. The van der Waals surface area contributed by atoms with E-state index in [-0.39, 0.29) is 12.4 Å². The molecular weight excluding hydrogens is 307 g/mol. The van der Waals surface area contributed by atoms with Crippen LogP contribution < -0.4 is 0 Å². The maximum Gasteiger partial charge on any atom is 0.338 e. The van der Waals surface area contributed by atoms with Crippen molar-refractivity contribution in [2.24, 2.45) is 0 Å². The number of esters is 1. The highest BCUT2D eigenvalue weighted by Gasteiger charge is 2.14. The molecule has 0 radical (unpaired) electrons. The van der Waals surface area contributed by atoms with Gasteiger partial charge in [-0.1, -0.05) is 11.6 Å². The van der Waals surface area contributed by atoms with Crippen LogP contribution in [0.25, 0.3) is 22.4 Å². The van der Waals surface area contributed by atoms with Gasteiger partial charge in [0, 0.05) is 5.56 Å². The Bertz CT molecular complexity index is 843. The smallest absolute Gasteiger partial charge is 0.338 e. The number of H-pyrrole nitrogens is 1. The van der Waals surface area contributed by atoms with E-state index < -0.39 is 5.97 Å². The maximum absolute atomic E-state index is 13.0. The molecule has 3 aromatic rings. The Morgan fingerprint density at radius 2 is 2.05 bits per heavy atom. The molecule has 4 nitrogen and oxygen atoms in total. The first-order valence-corrected chi connectivity index (χ1v) is 7.08. The maximum atomic E-state index is 13.0. The van der Waals surface area contributed by atoms with Gasteiger partial charge in [0.1, 0.15) is 17.2 Å².